The van der Waals surface area contributed by atoms with Crippen LogP contribution in [-0.2, 0) is 9.53 Å². The van der Waals surface area contributed by atoms with Gasteiger partial charge in [0.1, 0.15) is 5.69 Å². The van der Waals surface area contributed by atoms with Crippen molar-refractivity contribution in [2.24, 2.45) is 5.92 Å². The zero-order valence-corrected chi connectivity index (χ0v) is 16.6. The third-order valence-electron chi connectivity index (χ3n) is 5.70. The van der Waals surface area contributed by atoms with Crippen LogP contribution in [-0.4, -0.2) is 66.3 Å². The second-order valence-corrected chi connectivity index (χ2v) is 7.70. The van der Waals surface area contributed by atoms with Gasteiger partial charge < -0.3 is 19.1 Å². The topological polar surface area (TPSA) is 87.9 Å². The second-order valence-electron chi connectivity index (χ2n) is 7.70. The Hall–Kier alpha value is -2.61. The molecule has 2 saturated heterocycles. The van der Waals surface area contributed by atoms with Gasteiger partial charge in [-0.2, -0.15) is 0 Å². The molecule has 0 bridgehead atoms. The summed E-state index contributed by atoms with van der Waals surface area (Å²) < 4.78 is 10.6. The molecule has 0 unspecified atom stereocenters. The van der Waals surface area contributed by atoms with Gasteiger partial charge in [-0.3, -0.25) is 10.1 Å². The summed E-state index contributed by atoms with van der Waals surface area (Å²) in [6.07, 6.45) is 10.6. The van der Waals surface area contributed by atoms with E-state index in [0.717, 1.165) is 43.4 Å². The number of carbonyl (C=O) groups is 2. The number of rotatable bonds is 3. The normalized spacial score (nSPS) is 20.9. The van der Waals surface area contributed by atoms with Crippen molar-refractivity contribution in [1.82, 2.24) is 15.0 Å². The molecule has 3 heterocycles. The average molecular weight is 400 g/mol. The highest BCUT2D eigenvalue weighted by molar-refractivity contribution is 5.88. The van der Waals surface area contributed by atoms with Crippen molar-refractivity contribution in [3.8, 4) is 0 Å². The molecule has 4 rings (SSSR count). The molecule has 8 heteroatoms. The maximum Gasteiger partial charge on any atom is 0.324 e. The van der Waals surface area contributed by atoms with Gasteiger partial charge in [0, 0.05) is 51.4 Å². The Balaban J connectivity index is 1.30. The van der Waals surface area contributed by atoms with Crippen molar-refractivity contribution in [3.63, 3.8) is 0 Å². The van der Waals surface area contributed by atoms with Crippen LogP contribution in [0.25, 0.3) is 5.57 Å². The number of nitrogens with one attached hydrogen (secondary N) is 1. The summed E-state index contributed by atoms with van der Waals surface area (Å²) in [7, 11) is 0. The number of hydrogen-bond acceptors (Lipinski definition) is 5. The fourth-order valence-electron chi connectivity index (χ4n) is 4.00. The lowest BCUT2D eigenvalue weighted by molar-refractivity contribution is -0.138. The number of amides is 3. The monoisotopic (exact) mass is 400 g/mol. The van der Waals surface area contributed by atoms with E-state index in [9.17, 15) is 9.59 Å². The minimum atomic E-state index is -0.221. The maximum atomic E-state index is 12.7. The first kappa shape index (κ1) is 19.7. The van der Waals surface area contributed by atoms with E-state index in [2.05, 4.69) is 22.6 Å². The van der Waals surface area contributed by atoms with Crippen molar-refractivity contribution < 1.29 is 18.8 Å². The van der Waals surface area contributed by atoms with E-state index in [1.54, 1.807) is 11.0 Å². The number of allylic oxidation sites excluding steroid dienone is 4. The molecule has 0 radical (unpaired) electrons. The van der Waals surface area contributed by atoms with Crippen LogP contribution in [0.15, 0.2) is 28.8 Å². The molecule has 2 fully saturated rings. The lowest BCUT2D eigenvalue weighted by atomic mass is 9.98. The summed E-state index contributed by atoms with van der Waals surface area (Å²) in [5.74, 6) is 0.591. The molecular formula is C21H28N4O4. The lowest BCUT2D eigenvalue weighted by Gasteiger charge is -2.28. The Morgan fingerprint density at radius 2 is 1.86 bits per heavy atom. The van der Waals surface area contributed by atoms with Crippen molar-refractivity contribution in [1.29, 1.82) is 0 Å². The molecule has 3 aliphatic rings. The predicted octanol–water partition coefficient (Wildman–Crippen LogP) is 2.90. The minimum Gasteiger partial charge on any atom is -0.381 e. The van der Waals surface area contributed by atoms with E-state index >= 15 is 0 Å². The van der Waals surface area contributed by atoms with Gasteiger partial charge in [0.15, 0.2) is 0 Å². The number of nitrogens with zero attached hydrogens (tertiary/aromatic N) is 3. The molecule has 1 aromatic rings. The molecule has 156 valence electrons. The smallest absolute Gasteiger partial charge is 0.324 e. The van der Waals surface area contributed by atoms with E-state index in [-0.39, 0.29) is 17.9 Å². The van der Waals surface area contributed by atoms with E-state index in [4.69, 9.17) is 9.26 Å². The first-order chi connectivity index (χ1) is 14.2. The third kappa shape index (κ3) is 4.87. The molecule has 2 aliphatic heterocycles. The van der Waals surface area contributed by atoms with Gasteiger partial charge in [-0.1, -0.05) is 23.4 Å². The van der Waals surface area contributed by atoms with Gasteiger partial charge >= 0.3 is 6.03 Å². The highest BCUT2D eigenvalue weighted by Gasteiger charge is 2.28. The van der Waals surface area contributed by atoms with Crippen LogP contribution in [0.4, 0.5) is 10.7 Å². The Labute approximate surface area is 170 Å². The highest BCUT2D eigenvalue weighted by atomic mass is 16.5. The Bertz CT molecular complexity index is 794. The van der Waals surface area contributed by atoms with Crippen molar-refractivity contribution in [2.45, 2.75) is 32.1 Å². The Morgan fingerprint density at radius 3 is 2.66 bits per heavy atom. The van der Waals surface area contributed by atoms with Crippen LogP contribution in [0.3, 0.4) is 0 Å². The second kappa shape index (κ2) is 9.26. The van der Waals surface area contributed by atoms with Gasteiger partial charge in [-0.05, 0) is 37.7 Å². The number of ether oxygens (including phenoxy) is 1. The molecule has 1 aromatic heterocycles. The molecule has 1 aliphatic carbocycles. The van der Waals surface area contributed by atoms with Crippen LogP contribution in [0.5, 0.6) is 0 Å². The van der Waals surface area contributed by atoms with Gasteiger partial charge in [0.2, 0.25) is 11.8 Å². The molecule has 0 spiro atoms. The zero-order valence-electron chi connectivity index (χ0n) is 16.6. The fourth-order valence-corrected chi connectivity index (χ4v) is 4.00. The quantitative estimate of drug-likeness (QED) is 0.843. The summed E-state index contributed by atoms with van der Waals surface area (Å²) in [5, 5.41) is 6.85. The average Bonchev–Trinajstić information content (AvgIpc) is 3.09. The number of hydrogen-bond donors (Lipinski definition) is 1. The first-order valence-electron chi connectivity index (χ1n) is 10.5. The van der Waals surface area contributed by atoms with Crippen LogP contribution >= 0.6 is 0 Å². The predicted molar refractivity (Wildman–Crippen MR) is 108 cm³/mol. The van der Waals surface area contributed by atoms with Gasteiger partial charge in [0.25, 0.3) is 0 Å². The highest BCUT2D eigenvalue weighted by Crippen LogP contribution is 2.23. The molecule has 0 saturated carbocycles. The standard InChI is InChI=1S/C21H28N4O4/c26-20(17-7-13-28-14-8-17)24-9-4-10-25(12-11-24)21(27)22-19-15-18(23-29-19)16-5-2-1-3-6-16/h2,5-6,15,17H,1,3-4,7-14H2,(H,22,27). The van der Waals surface area contributed by atoms with E-state index < -0.39 is 0 Å². The molecule has 0 atom stereocenters. The van der Waals surface area contributed by atoms with Crippen molar-refractivity contribution >= 4 is 23.4 Å². The largest absolute Gasteiger partial charge is 0.381 e. The number of carbonyl (C=O) groups excluding carboxylic acids is 2. The maximum absolute atomic E-state index is 12.7. The molecule has 29 heavy (non-hydrogen) atoms. The Kier molecular flexibility index (Phi) is 6.29. The van der Waals surface area contributed by atoms with Crippen LogP contribution in [0.1, 0.15) is 37.8 Å². The summed E-state index contributed by atoms with van der Waals surface area (Å²) in [4.78, 5) is 29.0. The summed E-state index contributed by atoms with van der Waals surface area (Å²) >= 11 is 0. The summed E-state index contributed by atoms with van der Waals surface area (Å²) in [6, 6.07) is 1.53. The van der Waals surface area contributed by atoms with Gasteiger partial charge in [-0.25, -0.2) is 4.79 Å². The molecule has 8 nitrogen and oxygen atoms in total. The Morgan fingerprint density at radius 1 is 1.07 bits per heavy atom. The van der Waals surface area contributed by atoms with Crippen molar-refractivity contribution in [2.75, 3.05) is 44.7 Å². The summed E-state index contributed by atoms with van der Waals surface area (Å²) in [5.41, 5.74) is 1.73. The molecular weight excluding hydrogens is 372 g/mol. The molecule has 3 amide bonds. The van der Waals surface area contributed by atoms with E-state index in [1.807, 2.05) is 11.0 Å². The van der Waals surface area contributed by atoms with E-state index in [0.29, 0.717) is 45.3 Å². The van der Waals surface area contributed by atoms with Crippen molar-refractivity contribution in [3.05, 3.63) is 30.0 Å². The van der Waals surface area contributed by atoms with Gasteiger partial charge in [-0.15, -0.1) is 0 Å². The third-order valence-corrected chi connectivity index (χ3v) is 5.70. The number of urea groups is 1. The van der Waals surface area contributed by atoms with Gasteiger partial charge in [0.05, 0.1) is 0 Å². The molecule has 1 N–H and O–H groups in total. The number of anilines is 1. The SMILES string of the molecule is O=C(Nc1cc(C2=CCCC=C2)no1)N1CCCN(C(=O)C2CCOCC2)CC1. The van der Waals surface area contributed by atoms with Crippen LogP contribution < -0.4 is 5.32 Å². The fraction of sp³-hybridized carbons (Fsp3) is 0.571. The first-order valence-corrected chi connectivity index (χ1v) is 10.5. The minimum absolute atomic E-state index is 0.0554. The lowest BCUT2D eigenvalue weighted by Crippen LogP contribution is -2.42. The number of aromatic nitrogens is 1. The van der Waals surface area contributed by atoms with Crippen LogP contribution in [0, 0.1) is 5.92 Å². The van der Waals surface area contributed by atoms with Crippen LogP contribution in [0.2, 0.25) is 0 Å². The van der Waals surface area contributed by atoms with E-state index in [1.165, 1.54) is 0 Å². The molecule has 0 aromatic carbocycles. The zero-order chi connectivity index (χ0) is 20.1. The summed E-state index contributed by atoms with van der Waals surface area (Å²) in [6.45, 7) is 3.68.